The van der Waals surface area contributed by atoms with E-state index in [-0.39, 0.29) is 10.6 Å². The first kappa shape index (κ1) is 19.1. The molecule has 0 aliphatic heterocycles. The zero-order chi connectivity index (χ0) is 17.9. The average molecular weight is 358 g/mol. The number of hydrogen-bond acceptors (Lipinski definition) is 7. The molecule has 0 saturated heterocycles. The Labute approximate surface area is 136 Å². The Morgan fingerprint density at radius 3 is 2.13 bits per heavy atom. The summed E-state index contributed by atoms with van der Waals surface area (Å²) in [5.74, 6) is -0.491. The molecule has 0 unspecified atom stereocenters. The number of benzene rings is 1. The molecule has 0 atom stereocenters. The van der Waals surface area contributed by atoms with Crippen LogP contribution in [0, 0.1) is 11.3 Å². The van der Waals surface area contributed by atoms with Crippen molar-refractivity contribution in [3.05, 3.63) is 24.3 Å². The second kappa shape index (κ2) is 6.66. The van der Waals surface area contributed by atoms with Crippen LogP contribution in [0.15, 0.2) is 34.3 Å². The Bertz CT molecular complexity index is 843. The van der Waals surface area contributed by atoms with Gasteiger partial charge in [-0.15, -0.1) is 0 Å². The third kappa shape index (κ3) is 5.31. The van der Waals surface area contributed by atoms with Gasteiger partial charge in [-0.25, -0.2) is 22.0 Å². The average Bonchev–Trinajstić information content (AvgIpc) is 2.41. The molecule has 23 heavy (non-hydrogen) atoms. The summed E-state index contributed by atoms with van der Waals surface area (Å²) >= 11 is 0. The van der Waals surface area contributed by atoms with Crippen molar-refractivity contribution < 1.29 is 16.8 Å². The lowest BCUT2D eigenvalue weighted by atomic mass is 10.3. The highest BCUT2D eigenvalue weighted by Gasteiger charge is 2.30. The number of nitrogens with two attached hydrogens (primary N) is 1. The monoisotopic (exact) mass is 358 g/mol. The molecule has 0 radical (unpaired) electrons. The zero-order valence-corrected chi connectivity index (χ0v) is 14.6. The molecule has 0 fully saturated rings. The van der Waals surface area contributed by atoms with Crippen molar-refractivity contribution in [3.63, 3.8) is 0 Å². The summed E-state index contributed by atoms with van der Waals surface area (Å²) in [5.41, 5.74) is 2.70. The quantitative estimate of drug-likeness (QED) is 0.590. The molecule has 3 N–H and O–H groups in total. The van der Waals surface area contributed by atoms with E-state index in [9.17, 15) is 16.8 Å². The summed E-state index contributed by atoms with van der Waals surface area (Å²) in [6.45, 7) is 4.62. The second-order valence-corrected chi connectivity index (χ2v) is 10.0. The number of rotatable bonds is 5. The maximum absolute atomic E-state index is 12.0. The SMILES string of the molecule is CC(C)(C)S(=O)(=O)C/C(C#N)=N/Nc1ccc(S(N)(=O)=O)cc1. The van der Waals surface area contributed by atoms with Crippen molar-refractivity contribution in [2.75, 3.05) is 11.2 Å². The maximum atomic E-state index is 12.0. The number of nitrogens with zero attached hydrogens (tertiary/aromatic N) is 2. The molecule has 0 bridgehead atoms. The van der Waals surface area contributed by atoms with Crippen LogP contribution in [0.4, 0.5) is 5.69 Å². The van der Waals surface area contributed by atoms with Gasteiger partial charge < -0.3 is 0 Å². The zero-order valence-electron chi connectivity index (χ0n) is 12.9. The molecule has 0 aromatic heterocycles. The third-order valence-electron chi connectivity index (χ3n) is 2.89. The standard InChI is InChI=1S/C13H18N4O4S2/c1-13(2,3)22(18,19)9-11(8-14)17-16-10-4-6-12(7-5-10)23(15,20)21/h4-7,16H,9H2,1-3H3,(H2,15,20,21)/b17-11+. The highest BCUT2D eigenvalue weighted by molar-refractivity contribution is 7.93. The fraction of sp³-hybridized carbons (Fsp3) is 0.385. The summed E-state index contributed by atoms with van der Waals surface area (Å²) in [6, 6.07) is 7.07. The van der Waals surface area contributed by atoms with Crippen LogP contribution in [0.1, 0.15) is 20.8 Å². The molecule has 0 heterocycles. The molecule has 1 aromatic carbocycles. The highest BCUT2D eigenvalue weighted by Crippen LogP contribution is 2.16. The van der Waals surface area contributed by atoms with Crippen LogP contribution >= 0.6 is 0 Å². The van der Waals surface area contributed by atoms with Crippen molar-refractivity contribution in [2.45, 2.75) is 30.4 Å². The molecule has 0 aliphatic carbocycles. The van der Waals surface area contributed by atoms with E-state index < -0.39 is 30.4 Å². The number of nitriles is 1. The molecular weight excluding hydrogens is 340 g/mol. The molecule has 10 heteroatoms. The molecule has 0 amide bonds. The Balaban J connectivity index is 2.93. The predicted molar refractivity (Wildman–Crippen MR) is 88.0 cm³/mol. The fourth-order valence-electron chi connectivity index (χ4n) is 1.34. The number of nitrogens with one attached hydrogen (secondary N) is 1. The van der Waals surface area contributed by atoms with Crippen molar-refractivity contribution in [1.82, 2.24) is 0 Å². The lowest BCUT2D eigenvalue weighted by Gasteiger charge is -2.18. The van der Waals surface area contributed by atoms with E-state index in [4.69, 9.17) is 10.4 Å². The summed E-state index contributed by atoms with van der Waals surface area (Å²) in [7, 11) is -7.32. The lowest BCUT2D eigenvalue weighted by molar-refractivity contribution is 0.564. The topological polar surface area (TPSA) is 142 Å². The van der Waals surface area contributed by atoms with Crippen molar-refractivity contribution >= 4 is 31.3 Å². The fourth-order valence-corrected chi connectivity index (χ4v) is 2.77. The first-order valence-corrected chi connectivity index (χ1v) is 9.64. The van der Waals surface area contributed by atoms with Crippen LogP contribution in [0.3, 0.4) is 0 Å². The second-order valence-electron chi connectivity index (χ2n) is 5.72. The molecule has 0 spiro atoms. The van der Waals surface area contributed by atoms with E-state index in [2.05, 4.69) is 10.5 Å². The Kier molecular flexibility index (Phi) is 5.52. The summed E-state index contributed by atoms with van der Waals surface area (Å²) in [6.07, 6.45) is 0. The first-order valence-electron chi connectivity index (χ1n) is 6.45. The van der Waals surface area contributed by atoms with Gasteiger partial charge in [0, 0.05) is 0 Å². The predicted octanol–water partition coefficient (Wildman–Crippen LogP) is 0.839. The van der Waals surface area contributed by atoms with E-state index in [1.165, 1.54) is 45.0 Å². The van der Waals surface area contributed by atoms with E-state index >= 15 is 0 Å². The van der Waals surface area contributed by atoms with Crippen molar-refractivity contribution in [2.24, 2.45) is 10.2 Å². The first-order chi connectivity index (χ1) is 10.4. The number of primary sulfonamides is 1. The molecular formula is C13H18N4O4S2. The Hall–Kier alpha value is -1.96. The van der Waals surface area contributed by atoms with Gasteiger partial charge in [-0.2, -0.15) is 10.4 Å². The van der Waals surface area contributed by atoms with Crippen LogP contribution in [0.2, 0.25) is 0 Å². The van der Waals surface area contributed by atoms with E-state index in [0.29, 0.717) is 5.69 Å². The number of hydrazone groups is 1. The van der Waals surface area contributed by atoms with Gasteiger partial charge in [0.2, 0.25) is 10.0 Å². The van der Waals surface area contributed by atoms with Crippen LogP contribution in [-0.4, -0.2) is 33.0 Å². The number of sulfonamides is 1. The number of hydrogen-bond donors (Lipinski definition) is 2. The molecule has 126 valence electrons. The smallest absolute Gasteiger partial charge is 0.238 e. The van der Waals surface area contributed by atoms with Crippen LogP contribution in [-0.2, 0) is 19.9 Å². The number of sulfone groups is 1. The molecule has 1 rings (SSSR count). The molecule has 8 nitrogen and oxygen atoms in total. The van der Waals surface area contributed by atoms with Gasteiger partial charge in [0.05, 0.1) is 15.3 Å². The van der Waals surface area contributed by atoms with Crippen LogP contribution < -0.4 is 10.6 Å². The van der Waals surface area contributed by atoms with Gasteiger partial charge in [-0.3, -0.25) is 5.43 Å². The molecule has 1 aromatic rings. The van der Waals surface area contributed by atoms with Crippen LogP contribution in [0.25, 0.3) is 0 Å². The number of anilines is 1. The van der Waals surface area contributed by atoms with Gasteiger partial charge >= 0.3 is 0 Å². The minimum absolute atomic E-state index is 0.0668. The van der Waals surface area contributed by atoms with E-state index in [0.717, 1.165) is 0 Å². The van der Waals surface area contributed by atoms with Gasteiger partial charge in [0.1, 0.15) is 11.8 Å². The van der Waals surface area contributed by atoms with E-state index in [1.807, 2.05) is 0 Å². The minimum atomic E-state index is -3.79. The maximum Gasteiger partial charge on any atom is 0.238 e. The lowest BCUT2D eigenvalue weighted by Crippen LogP contribution is -2.33. The molecule has 0 aliphatic rings. The summed E-state index contributed by atoms with van der Waals surface area (Å²) in [5, 5.41) is 17.7. The van der Waals surface area contributed by atoms with Gasteiger partial charge in [0.25, 0.3) is 0 Å². The van der Waals surface area contributed by atoms with Gasteiger partial charge in [-0.05, 0) is 45.0 Å². The largest absolute Gasteiger partial charge is 0.278 e. The van der Waals surface area contributed by atoms with E-state index in [1.54, 1.807) is 6.07 Å². The van der Waals surface area contributed by atoms with Crippen LogP contribution in [0.5, 0.6) is 0 Å². The highest BCUT2D eigenvalue weighted by atomic mass is 32.2. The Morgan fingerprint density at radius 1 is 1.22 bits per heavy atom. The summed E-state index contributed by atoms with van der Waals surface area (Å²) in [4.78, 5) is -0.0668. The van der Waals surface area contributed by atoms with Gasteiger partial charge in [0.15, 0.2) is 15.5 Å². The normalized spacial score (nSPS) is 13.4. The minimum Gasteiger partial charge on any atom is -0.278 e. The Morgan fingerprint density at radius 2 is 1.74 bits per heavy atom. The van der Waals surface area contributed by atoms with Gasteiger partial charge in [-0.1, -0.05) is 0 Å². The summed E-state index contributed by atoms with van der Waals surface area (Å²) < 4.78 is 45.4. The molecule has 0 saturated carbocycles. The third-order valence-corrected chi connectivity index (χ3v) is 6.34. The van der Waals surface area contributed by atoms with Crippen molar-refractivity contribution in [3.8, 4) is 6.07 Å². The van der Waals surface area contributed by atoms with Crippen molar-refractivity contribution in [1.29, 1.82) is 5.26 Å².